The van der Waals surface area contributed by atoms with E-state index < -0.39 is 5.97 Å². The minimum atomic E-state index is -0.394. The molecule has 4 heteroatoms. The summed E-state index contributed by atoms with van der Waals surface area (Å²) in [5.41, 5.74) is 0. The van der Waals surface area contributed by atoms with Gasteiger partial charge >= 0.3 is 37.0 Å². The molecule has 0 aromatic rings. The Morgan fingerprint density at radius 3 is 1.90 bits per heavy atom. The molecule has 0 spiro atoms. The Hall–Kier alpha value is -0.0313. The Bertz CT molecular complexity index is 83.1. The molecule has 0 fully saturated rings. The first-order chi connectivity index (χ1) is 4.22. The van der Waals surface area contributed by atoms with Gasteiger partial charge in [-0.1, -0.05) is 6.58 Å². The predicted octanol–water partition coefficient (Wildman–Crippen LogP) is 0.0398. The maximum atomic E-state index is 9.84. The molecule has 0 saturated carbocycles. The third-order valence-electron chi connectivity index (χ3n) is 0.368. The van der Waals surface area contributed by atoms with Crippen molar-refractivity contribution in [1.82, 2.24) is 0 Å². The first-order valence-electron chi connectivity index (χ1n) is 2.67. The van der Waals surface area contributed by atoms with Crippen molar-refractivity contribution < 1.29 is 15.0 Å². The topological polar surface area (TPSA) is 57.8 Å². The van der Waals surface area contributed by atoms with Gasteiger partial charge in [-0.2, -0.15) is 0 Å². The van der Waals surface area contributed by atoms with Crippen LogP contribution in [0.3, 0.4) is 0 Å². The van der Waals surface area contributed by atoms with Crippen molar-refractivity contribution in [3.05, 3.63) is 12.7 Å². The summed E-state index contributed by atoms with van der Waals surface area (Å²) in [6.07, 6.45) is 1.11. The number of carbonyl (C=O) groups excluding carboxylic acids is 1. The SMILES string of the molecule is C=CC(=O)OC.O.[CH3][SnH][CH3]. The van der Waals surface area contributed by atoms with Gasteiger partial charge in [0, 0.05) is 6.08 Å². The number of hydrogen-bond donors (Lipinski definition) is 0. The summed E-state index contributed by atoms with van der Waals surface area (Å²) in [6.45, 7) is 3.16. The summed E-state index contributed by atoms with van der Waals surface area (Å²) in [7, 11) is 1.31. The van der Waals surface area contributed by atoms with E-state index in [1.807, 2.05) is 0 Å². The van der Waals surface area contributed by atoms with E-state index in [4.69, 9.17) is 0 Å². The Morgan fingerprint density at radius 2 is 1.90 bits per heavy atom. The zero-order valence-corrected chi connectivity index (χ0v) is 9.97. The third kappa shape index (κ3) is 24.6. The van der Waals surface area contributed by atoms with E-state index in [-0.39, 0.29) is 26.6 Å². The van der Waals surface area contributed by atoms with Crippen molar-refractivity contribution in [2.24, 2.45) is 0 Å². The zero-order valence-electron chi connectivity index (χ0n) is 6.68. The van der Waals surface area contributed by atoms with Crippen LogP contribution < -0.4 is 0 Å². The molecule has 0 heterocycles. The molecule has 1 radical (unpaired) electrons. The number of esters is 1. The van der Waals surface area contributed by atoms with Gasteiger partial charge in [-0.3, -0.25) is 0 Å². The van der Waals surface area contributed by atoms with Crippen molar-refractivity contribution in [3.8, 4) is 0 Å². The second-order valence-corrected chi connectivity index (χ2v) is 4.60. The van der Waals surface area contributed by atoms with Crippen molar-refractivity contribution in [2.75, 3.05) is 7.11 Å². The van der Waals surface area contributed by atoms with Gasteiger partial charge < -0.3 is 10.2 Å². The normalized spacial score (nSPS) is 5.90. The number of ether oxygens (including phenoxy) is 1. The van der Waals surface area contributed by atoms with Gasteiger partial charge in [0.2, 0.25) is 0 Å². The van der Waals surface area contributed by atoms with Crippen molar-refractivity contribution in [2.45, 2.75) is 9.88 Å². The summed E-state index contributed by atoms with van der Waals surface area (Å²) in [5, 5.41) is 0. The summed E-state index contributed by atoms with van der Waals surface area (Å²) in [5.74, 6) is -0.394. The summed E-state index contributed by atoms with van der Waals surface area (Å²) >= 11 is 0.110. The van der Waals surface area contributed by atoms with Crippen LogP contribution in [-0.4, -0.2) is 39.7 Å². The van der Waals surface area contributed by atoms with Crippen LogP contribution >= 0.6 is 0 Å². The fourth-order valence-corrected chi connectivity index (χ4v) is 0.0833. The van der Waals surface area contributed by atoms with Crippen LogP contribution in [0.1, 0.15) is 0 Å². The van der Waals surface area contributed by atoms with Gasteiger partial charge in [-0.05, 0) is 0 Å². The van der Waals surface area contributed by atoms with E-state index in [1.165, 1.54) is 7.11 Å². The maximum absolute atomic E-state index is 9.84. The molecule has 0 aliphatic carbocycles. The molecule has 0 rings (SSSR count). The molecule has 61 valence electrons. The van der Waals surface area contributed by atoms with Gasteiger partial charge in [0.05, 0.1) is 7.11 Å². The third-order valence-corrected chi connectivity index (χ3v) is 0.368. The molecule has 0 unspecified atom stereocenters. The standard InChI is InChI=1S/C4H6O2.2CH3.H2O.Sn.H/c1-3-4(5)6-2;;;;;/h3H,1H2,2H3;2*1H3;1H2;;. The van der Waals surface area contributed by atoms with E-state index in [0.29, 0.717) is 0 Å². The van der Waals surface area contributed by atoms with Crippen molar-refractivity contribution >= 4 is 27.1 Å². The second kappa shape index (κ2) is 16.0. The Morgan fingerprint density at radius 1 is 1.60 bits per heavy atom. The zero-order chi connectivity index (χ0) is 7.70. The Kier molecular flexibility index (Phi) is 26.4. The quantitative estimate of drug-likeness (QED) is 0.377. The van der Waals surface area contributed by atoms with Gasteiger partial charge in [0.25, 0.3) is 0 Å². The van der Waals surface area contributed by atoms with Crippen LogP contribution in [0.25, 0.3) is 0 Å². The average molecular weight is 254 g/mol. The summed E-state index contributed by atoms with van der Waals surface area (Å²) in [6, 6.07) is 0. The Labute approximate surface area is 72.0 Å². The van der Waals surface area contributed by atoms with Crippen molar-refractivity contribution in [1.29, 1.82) is 0 Å². The van der Waals surface area contributed by atoms with Crippen molar-refractivity contribution in [3.63, 3.8) is 0 Å². The molecular weight excluding hydrogens is 239 g/mol. The summed E-state index contributed by atoms with van der Waals surface area (Å²) in [4.78, 5) is 14.5. The van der Waals surface area contributed by atoms with Crippen LogP contribution in [0.2, 0.25) is 9.88 Å². The molecule has 0 aliphatic heterocycles. The number of hydrogen-bond acceptors (Lipinski definition) is 2. The molecule has 0 aliphatic rings. The first kappa shape index (κ1) is 16.5. The number of methoxy groups -OCH3 is 1. The van der Waals surface area contributed by atoms with Gasteiger partial charge in [-0.25, -0.2) is 4.79 Å². The van der Waals surface area contributed by atoms with Crippen LogP contribution in [-0.2, 0) is 9.53 Å². The van der Waals surface area contributed by atoms with Gasteiger partial charge in [0.1, 0.15) is 0 Å². The molecule has 2 N–H and O–H groups in total. The molecule has 0 bridgehead atoms. The van der Waals surface area contributed by atoms with E-state index in [1.54, 1.807) is 0 Å². The molecule has 0 saturated heterocycles. The fraction of sp³-hybridized carbons (Fsp3) is 0.500. The first-order valence-corrected chi connectivity index (χ1v) is 9.26. The molecule has 10 heavy (non-hydrogen) atoms. The monoisotopic (exact) mass is 255 g/mol. The number of carbonyl (C=O) groups is 1. The molecule has 0 aromatic heterocycles. The van der Waals surface area contributed by atoms with Crippen LogP contribution in [0.4, 0.5) is 0 Å². The minimum absolute atomic E-state index is 0. The van der Waals surface area contributed by atoms with Gasteiger partial charge in [0.15, 0.2) is 0 Å². The van der Waals surface area contributed by atoms with Gasteiger partial charge in [-0.15, -0.1) is 0 Å². The number of rotatable bonds is 1. The van der Waals surface area contributed by atoms with E-state index in [9.17, 15) is 4.79 Å². The second-order valence-electron chi connectivity index (χ2n) is 1.30. The van der Waals surface area contributed by atoms with Crippen LogP contribution in [0.15, 0.2) is 12.7 Å². The van der Waals surface area contributed by atoms with E-state index in [2.05, 4.69) is 21.2 Å². The molecular formula is C6H15O3Sn. The molecule has 3 nitrogen and oxygen atoms in total. The fourth-order valence-electron chi connectivity index (χ4n) is 0.0833. The average Bonchev–Trinajstić information content (AvgIpc) is 1.88. The van der Waals surface area contributed by atoms with E-state index >= 15 is 0 Å². The van der Waals surface area contributed by atoms with Crippen LogP contribution in [0.5, 0.6) is 0 Å². The molecule has 0 aromatic carbocycles. The Balaban J connectivity index is -0.000000107. The molecule has 0 atom stereocenters. The molecule has 0 amide bonds. The van der Waals surface area contributed by atoms with E-state index in [0.717, 1.165) is 6.08 Å². The summed E-state index contributed by atoms with van der Waals surface area (Å²) < 4.78 is 4.14. The predicted molar refractivity (Wildman–Crippen MR) is 44.7 cm³/mol. The van der Waals surface area contributed by atoms with Crippen LogP contribution in [0, 0.1) is 0 Å².